The zero-order valence-corrected chi connectivity index (χ0v) is 9.41. The zero-order chi connectivity index (χ0) is 11.8. The zero-order valence-electron chi connectivity index (χ0n) is 9.41. The fourth-order valence-corrected chi connectivity index (χ4v) is 2.21. The van der Waals surface area contributed by atoms with Gasteiger partial charge >= 0.3 is 0 Å². The molecule has 16 heavy (non-hydrogen) atoms. The van der Waals surface area contributed by atoms with Crippen LogP contribution in [0.25, 0.3) is 0 Å². The Kier molecular flexibility index (Phi) is 2.76. The molecule has 4 heteroatoms. The van der Waals surface area contributed by atoms with Gasteiger partial charge in [-0.1, -0.05) is 0 Å². The molecule has 0 radical (unpaired) electrons. The van der Waals surface area contributed by atoms with E-state index in [1.165, 1.54) is 6.07 Å². The van der Waals surface area contributed by atoms with Crippen molar-refractivity contribution in [2.24, 2.45) is 0 Å². The van der Waals surface area contributed by atoms with Crippen molar-refractivity contribution in [1.82, 2.24) is 0 Å². The highest BCUT2D eigenvalue weighted by atomic mass is 19.1. The molecule has 0 aromatic heterocycles. The van der Waals surface area contributed by atoms with Crippen molar-refractivity contribution in [3.8, 4) is 0 Å². The van der Waals surface area contributed by atoms with Gasteiger partial charge in [-0.15, -0.1) is 0 Å². The van der Waals surface area contributed by atoms with Gasteiger partial charge in [0.1, 0.15) is 5.82 Å². The van der Waals surface area contributed by atoms with Crippen molar-refractivity contribution in [2.75, 3.05) is 23.7 Å². The number of nitrogens with zero attached hydrogens (tertiary/aromatic N) is 1. The van der Waals surface area contributed by atoms with Gasteiger partial charge in [-0.2, -0.15) is 0 Å². The minimum absolute atomic E-state index is 0.322. The van der Waals surface area contributed by atoms with Crippen LogP contribution in [0, 0.1) is 5.82 Å². The number of hydrogen-bond acceptors (Lipinski definition) is 3. The van der Waals surface area contributed by atoms with E-state index in [9.17, 15) is 9.50 Å². The Labute approximate surface area is 94.7 Å². The lowest BCUT2D eigenvalue weighted by atomic mass is 9.95. The fourth-order valence-electron chi connectivity index (χ4n) is 2.21. The maximum absolute atomic E-state index is 13.7. The molecule has 1 atom stereocenters. The van der Waals surface area contributed by atoms with Gasteiger partial charge in [-0.3, -0.25) is 0 Å². The third-order valence-electron chi connectivity index (χ3n) is 2.99. The summed E-state index contributed by atoms with van der Waals surface area (Å²) in [6, 6.07) is 4.67. The average molecular weight is 224 g/mol. The Hall–Kier alpha value is -1.29. The van der Waals surface area contributed by atoms with Gasteiger partial charge < -0.3 is 15.7 Å². The Balaban J connectivity index is 2.23. The summed E-state index contributed by atoms with van der Waals surface area (Å²) < 4.78 is 13.7. The van der Waals surface area contributed by atoms with Gasteiger partial charge in [0.25, 0.3) is 0 Å². The highest BCUT2D eigenvalue weighted by molar-refractivity contribution is 5.55. The summed E-state index contributed by atoms with van der Waals surface area (Å²) in [5.41, 5.74) is 5.72. The van der Waals surface area contributed by atoms with Crippen LogP contribution in [0.5, 0.6) is 0 Å². The van der Waals surface area contributed by atoms with Gasteiger partial charge in [-0.25, -0.2) is 4.39 Å². The van der Waals surface area contributed by atoms with Crippen molar-refractivity contribution < 1.29 is 9.50 Å². The molecule has 1 aliphatic rings. The standard InChI is InChI=1S/C12H17FN2O/c1-12(16)5-2-6-15(8-12)11-4-3-9(14)7-10(11)13/h3-4,7,16H,2,5-6,8,14H2,1H3. The molecule has 1 fully saturated rings. The van der Waals surface area contributed by atoms with Crippen molar-refractivity contribution >= 4 is 11.4 Å². The Bertz CT molecular complexity index is 393. The molecule has 0 spiro atoms. The third-order valence-corrected chi connectivity index (χ3v) is 2.99. The first-order chi connectivity index (χ1) is 7.48. The normalized spacial score (nSPS) is 25.8. The highest BCUT2D eigenvalue weighted by Crippen LogP contribution is 2.28. The minimum atomic E-state index is -0.730. The molecule has 0 bridgehead atoms. The van der Waals surface area contributed by atoms with E-state index in [4.69, 9.17) is 5.73 Å². The van der Waals surface area contributed by atoms with E-state index in [2.05, 4.69) is 0 Å². The van der Waals surface area contributed by atoms with Crippen LogP contribution in [0.2, 0.25) is 0 Å². The van der Waals surface area contributed by atoms with Gasteiger partial charge in [0, 0.05) is 18.8 Å². The molecule has 2 rings (SSSR count). The molecule has 1 aromatic carbocycles. The number of piperidine rings is 1. The molecule has 1 unspecified atom stereocenters. The quantitative estimate of drug-likeness (QED) is 0.715. The van der Waals surface area contributed by atoms with E-state index in [1.54, 1.807) is 19.1 Å². The fraction of sp³-hybridized carbons (Fsp3) is 0.500. The second-order valence-corrected chi connectivity index (χ2v) is 4.73. The van der Waals surface area contributed by atoms with Crippen LogP contribution in [0.3, 0.4) is 0 Å². The third kappa shape index (κ3) is 2.27. The van der Waals surface area contributed by atoms with Crippen LogP contribution in [-0.2, 0) is 0 Å². The number of halogens is 1. The summed E-state index contributed by atoms with van der Waals surface area (Å²) >= 11 is 0. The summed E-state index contributed by atoms with van der Waals surface area (Å²) in [6.07, 6.45) is 1.64. The number of aliphatic hydroxyl groups is 1. The number of nitrogens with two attached hydrogens (primary N) is 1. The lowest BCUT2D eigenvalue weighted by Crippen LogP contribution is -2.46. The summed E-state index contributed by atoms with van der Waals surface area (Å²) in [4.78, 5) is 1.87. The maximum atomic E-state index is 13.7. The Morgan fingerprint density at radius 1 is 1.50 bits per heavy atom. The van der Waals surface area contributed by atoms with Crippen LogP contribution in [0.4, 0.5) is 15.8 Å². The lowest BCUT2D eigenvalue weighted by Gasteiger charge is -2.38. The lowest BCUT2D eigenvalue weighted by molar-refractivity contribution is 0.0447. The number of β-amino-alcohol motifs (C(OH)–C–C–N with tert-alkyl or cyclic N) is 1. The molecule has 0 aliphatic carbocycles. The molecule has 1 saturated heterocycles. The van der Waals surface area contributed by atoms with E-state index in [1.807, 2.05) is 4.90 Å². The second-order valence-electron chi connectivity index (χ2n) is 4.73. The van der Waals surface area contributed by atoms with Gasteiger partial charge in [0.15, 0.2) is 0 Å². The van der Waals surface area contributed by atoms with Crippen LogP contribution in [0.15, 0.2) is 18.2 Å². The number of benzene rings is 1. The van der Waals surface area contributed by atoms with Gasteiger partial charge in [-0.05, 0) is 38.0 Å². The van der Waals surface area contributed by atoms with Crippen molar-refractivity contribution in [1.29, 1.82) is 0 Å². The first-order valence-corrected chi connectivity index (χ1v) is 5.50. The van der Waals surface area contributed by atoms with Crippen LogP contribution in [-0.4, -0.2) is 23.8 Å². The molecule has 3 nitrogen and oxygen atoms in total. The van der Waals surface area contributed by atoms with Crippen molar-refractivity contribution in [3.05, 3.63) is 24.0 Å². The van der Waals surface area contributed by atoms with Crippen LogP contribution < -0.4 is 10.6 Å². The van der Waals surface area contributed by atoms with E-state index >= 15 is 0 Å². The predicted molar refractivity (Wildman–Crippen MR) is 62.9 cm³/mol. The maximum Gasteiger partial charge on any atom is 0.148 e. The molecular formula is C12H17FN2O. The molecule has 3 N–H and O–H groups in total. The van der Waals surface area contributed by atoms with Crippen LogP contribution in [0.1, 0.15) is 19.8 Å². The highest BCUT2D eigenvalue weighted by Gasteiger charge is 2.29. The van der Waals surface area contributed by atoms with Crippen LogP contribution >= 0.6 is 0 Å². The van der Waals surface area contributed by atoms with Crippen molar-refractivity contribution in [3.63, 3.8) is 0 Å². The molecular weight excluding hydrogens is 207 g/mol. The summed E-state index contributed by atoms with van der Waals surface area (Å²) in [5, 5.41) is 9.96. The van der Waals surface area contributed by atoms with E-state index < -0.39 is 5.60 Å². The largest absolute Gasteiger partial charge is 0.399 e. The number of hydrogen-bond donors (Lipinski definition) is 2. The SMILES string of the molecule is CC1(O)CCCN(c2ccc(N)cc2F)C1. The minimum Gasteiger partial charge on any atom is -0.399 e. The van der Waals surface area contributed by atoms with E-state index in [-0.39, 0.29) is 5.82 Å². The Morgan fingerprint density at radius 2 is 2.25 bits per heavy atom. The molecule has 1 heterocycles. The predicted octanol–water partition coefficient (Wildman–Crippen LogP) is 1.76. The van der Waals surface area contributed by atoms with Gasteiger partial charge in [0.05, 0.1) is 11.3 Å². The molecule has 0 saturated carbocycles. The molecule has 1 aromatic rings. The first-order valence-electron chi connectivity index (χ1n) is 5.50. The summed E-state index contributed by atoms with van der Waals surface area (Å²) in [5.74, 6) is -0.322. The van der Waals surface area contributed by atoms with E-state index in [0.717, 1.165) is 19.4 Å². The monoisotopic (exact) mass is 224 g/mol. The number of anilines is 2. The van der Waals surface area contributed by atoms with Crippen molar-refractivity contribution in [2.45, 2.75) is 25.4 Å². The number of rotatable bonds is 1. The topological polar surface area (TPSA) is 49.5 Å². The average Bonchev–Trinajstić information content (AvgIpc) is 2.15. The molecule has 1 aliphatic heterocycles. The summed E-state index contributed by atoms with van der Waals surface area (Å²) in [7, 11) is 0. The number of nitrogen functional groups attached to an aromatic ring is 1. The first kappa shape index (κ1) is 11.2. The van der Waals surface area contributed by atoms with Gasteiger partial charge in [0.2, 0.25) is 0 Å². The summed E-state index contributed by atoms with van der Waals surface area (Å²) in [6.45, 7) is 3.03. The van der Waals surface area contributed by atoms with E-state index in [0.29, 0.717) is 17.9 Å². The second kappa shape index (κ2) is 3.94. The smallest absolute Gasteiger partial charge is 0.148 e. The molecule has 88 valence electrons. The Morgan fingerprint density at radius 3 is 2.88 bits per heavy atom. The molecule has 0 amide bonds.